The van der Waals surface area contributed by atoms with Gasteiger partial charge in [-0.3, -0.25) is 9.59 Å². The molecule has 0 unspecified atom stereocenters. The van der Waals surface area contributed by atoms with Crippen LogP contribution in [0, 0.1) is 5.82 Å². The van der Waals surface area contributed by atoms with E-state index in [0.29, 0.717) is 21.2 Å². The highest BCUT2D eigenvalue weighted by molar-refractivity contribution is 6.35. The average Bonchev–Trinajstić information content (AvgIpc) is 2.54. The van der Waals surface area contributed by atoms with E-state index in [1.807, 2.05) is 0 Å². The van der Waals surface area contributed by atoms with E-state index in [-0.39, 0.29) is 6.42 Å². The van der Waals surface area contributed by atoms with Crippen molar-refractivity contribution in [1.82, 2.24) is 5.32 Å². The van der Waals surface area contributed by atoms with Crippen LogP contribution in [0.15, 0.2) is 42.5 Å². The topological polar surface area (TPSA) is 55.4 Å². The van der Waals surface area contributed by atoms with Crippen LogP contribution >= 0.6 is 23.2 Å². The number of halogens is 3. The van der Waals surface area contributed by atoms with Crippen LogP contribution in [0.1, 0.15) is 31.0 Å². The van der Waals surface area contributed by atoms with E-state index in [0.717, 1.165) is 0 Å². The summed E-state index contributed by atoms with van der Waals surface area (Å²) >= 11 is 12.0. The predicted molar refractivity (Wildman–Crippen MR) is 98.7 cm³/mol. The normalized spacial score (nSPS) is 13.0. The Labute approximate surface area is 161 Å². The van der Waals surface area contributed by atoms with Gasteiger partial charge in [0.1, 0.15) is 5.82 Å². The molecule has 0 aromatic heterocycles. The summed E-state index contributed by atoms with van der Waals surface area (Å²) < 4.78 is 18.2. The van der Waals surface area contributed by atoms with Gasteiger partial charge >= 0.3 is 5.97 Å². The van der Waals surface area contributed by atoms with Gasteiger partial charge in [0, 0.05) is 10.0 Å². The lowest BCUT2D eigenvalue weighted by atomic mass is 10.1. The fraction of sp³-hybridized carbons (Fsp3) is 0.263. The van der Waals surface area contributed by atoms with E-state index in [2.05, 4.69) is 5.32 Å². The maximum atomic E-state index is 13.1. The summed E-state index contributed by atoms with van der Waals surface area (Å²) in [4.78, 5) is 24.2. The second-order valence-corrected chi connectivity index (χ2v) is 6.68. The molecular formula is C19H18Cl2FNO3. The molecule has 0 radical (unpaired) electrons. The molecule has 1 N–H and O–H groups in total. The molecular weight excluding hydrogens is 380 g/mol. The minimum absolute atomic E-state index is 0.117. The van der Waals surface area contributed by atoms with Gasteiger partial charge in [-0.15, -0.1) is 0 Å². The van der Waals surface area contributed by atoms with Crippen LogP contribution in [-0.2, 0) is 20.7 Å². The summed E-state index contributed by atoms with van der Waals surface area (Å²) in [5.41, 5.74) is 1.17. The number of carbonyl (C=O) groups excluding carboxylic acids is 2. The number of esters is 1. The van der Waals surface area contributed by atoms with E-state index in [9.17, 15) is 14.0 Å². The van der Waals surface area contributed by atoms with Crippen LogP contribution in [0.25, 0.3) is 0 Å². The summed E-state index contributed by atoms with van der Waals surface area (Å²) in [6.07, 6.45) is -1.11. The van der Waals surface area contributed by atoms with Crippen molar-refractivity contribution in [3.05, 3.63) is 69.5 Å². The molecule has 26 heavy (non-hydrogen) atoms. The fourth-order valence-corrected chi connectivity index (χ4v) is 2.94. The molecule has 0 saturated carbocycles. The van der Waals surface area contributed by atoms with E-state index in [4.69, 9.17) is 27.9 Å². The van der Waals surface area contributed by atoms with Crippen molar-refractivity contribution in [3.63, 3.8) is 0 Å². The van der Waals surface area contributed by atoms with Crippen LogP contribution in [0.3, 0.4) is 0 Å². The smallest absolute Gasteiger partial charge is 0.311 e. The number of amides is 1. The van der Waals surface area contributed by atoms with Gasteiger partial charge in [0.05, 0.1) is 12.5 Å². The first-order valence-electron chi connectivity index (χ1n) is 7.95. The highest BCUT2D eigenvalue weighted by Gasteiger charge is 2.21. The molecule has 1 amide bonds. The van der Waals surface area contributed by atoms with Crippen molar-refractivity contribution >= 4 is 35.1 Å². The van der Waals surface area contributed by atoms with Crippen molar-refractivity contribution < 1.29 is 18.7 Å². The van der Waals surface area contributed by atoms with Crippen LogP contribution in [0.4, 0.5) is 4.39 Å². The zero-order valence-corrected chi connectivity index (χ0v) is 15.8. The Morgan fingerprint density at radius 1 is 1.15 bits per heavy atom. The van der Waals surface area contributed by atoms with Gasteiger partial charge in [-0.05, 0) is 49.2 Å². The lowest BCUT2D eigenvalue weighted by molar-refractivity contribution is -0.154. The van der Waals surface area contributed by atoms with Gasteiger partial charge < -0.3 is 10.1 Å². The van der Waals surface area contributed by atoms with Crippen LogP contribution in [0.2, 0.25) is 10.0 Å². The first-order valence-corrected chi connectivity index (χ1v) is 8.71. The van der Waals surface area contributed by atoms with Crippen LogP contribution < -0.4 is 5.32 Å². The molecule has 2 atom stereocenters. The van der Waals surface area contributed by atoms with Crippen molar-refractivity contribution in [1.29, 1.82) is 0 Å². The minimum atomic E-state index is -0.996. The summed E-state index contributed by atoms with van der Waals surface area (Å²) in [6.45, 7) is 3.23. The highest BCUT2D eigenvalue weighted by Crippen LogP contribution is 2.26. The number of hydrogen-bond acceptors (Lipinski definition) is 3. The molecule has 2 rings (SSSR count). The quantitative estimate of drug-likeness (QED) is 0.730. The number of hydrogen-bond donors (Lipinski definition) is 1. The largest absolute Gasteiger partial charge is 0.452 e. The Balaban J connectivity index is 1.91. The lowest BCUT2D eigenvalue weighted by Gasteiger charge is -2.19. The predicted octanol–water partition coefficient (Wildman–Crippen LogP) is 4.48. The van der Waals surface area contributed by atoms with Crippen molar-refractivity contribution in [2.24, 2.45) is 0 Å². The molecule has 0 aliphatic heterocycles. The highest BCUT2D eigenvalue weighted by atomic mass is 35.5. The SMILES string of the molecule is C[C@@H](OC(=O)Cc1cccc(F)c1)C(=O)N[C@H](C)c1ccc(Cl)cc1Cl. The standard InChI is InChI=1S/C19H18Cl2FNO3/c1-11(16-7-6-14(20)10-17(16)21)23-19(25)12(2)26-18(24)9-13-4-3-5-15(22)8-13/h3-8,10-12H,9H2,1-2H3,(H,23,25)/t11-,12-/m1/s1. The Bertz CT molecular complexity index is 813. The van der Waals surface area contributed by atoms with Crippen molar-refractivity contribution in [3.8, 4) is 0 Å². The number of nitrogens with one attached hydrogen (secondary N) is 1. The van der Waals surface area contributed by atoms with E-state index in [1.54, 1.807) is 31.2 Å². The zero-order chi connectivity index (χ0) is 19.3. The molecule has 138 valence electrons. The third-order valence-electron chi connectivity index (χ3n) is 3.70. The third kappa shape index (κ3) is 5.71. The third-order valence-corrected chi connectivity index (χ3v) is 4.27. The van der Waals surface area contributed by atoms with Crippen molar-refractivity contribution in [2.75, 3.05) is 0 Å². The monoisotopic (exact) mass is 397 g/mol. The number of ether oxygens (including phenoxy) is 1. The number of rotatable bonds is 6. The molecule has 2 aromatic carbocycles. The maximum absolute atomic E-state index is 13.1. The molecule has 0 fully saturated rings. The molecule has 7 heteroatoms. The Kier molecular flexibility index (Phi) is 7.00. The van der Waals surface area contributed by atoms with Crippen LogP contribution in [-0.4, -0.2) is 18.0 Å². The average molecular weight is 398 g/mol. The van der Waals surface area contributed by atoms with Gasteiger partial charge in [-0.25, -0.2) is 4.39 Å². The molecule has 2 aromatic rings. The van der Waals surface area contributed by atoms with E-state index < -0.39 is 29.8 Å². The van der Waals surface area contributed by atoms with Crippen molar-refractivity contribution in [2.45, 2.75) is 32.4 Å². The summed E-state index contributed by atoms with van der Waals surface area (Å²) in [7, 11) is 0. The van der Waals surface area contributed by atoms with Gasteiger partial charge in [0.15, 0.2) is 6.10 Å². The van der Waals surface area contributed by atoms with E-state index in [1.165, 1.54) is 25.1 Å². The minimum Gasteiger partial charge on any atom is -0.452 e. The second-order valence-electron chi connectivity index (χ2n) is 5.83. The van der Waals surface area contributed by atoms with Crippen LogP contribution in [0.5, 0.6) is 0 Å². The molecule has 0 aliphatic rings. The summed E-state index contributed by atoms with van der Waals surface area (Å²) in [5, 5.41) is 3.66. The zero-order valence-electron chi connectivity index (χ0n) is 14.3. The number of benzene rings is 2. The van der Waals surface area contributed by atoms with Gasteiger partial charge in [0.25, 0.3) is 5.91 Å². The first-order chi connectivity index (χ1) is 12.3. The lowest BCUT2D eigenvalue weighted by Crippen LogP contribution is -2.37. The Morgan fingerprint density at radius 3 is 2.54 bits per heavy atom. The van der Waals surface area contributed by atoms with E-state index >= 15 is 0 Å². The summed E-state index contributed by atoms with van der Waals surface area (Å²) in [6, 6.07) is 10.2. The van der Waals surface area contributed by atoms with Gasteiger partial charge in [-0.1, -0.05) is 41.4 Å². The molecule has 0 bridgehead atoms. The maximum Gasteiger partial charge on any atom is 0.311 e. The Morgan fingerprint density at radius 2 is 1.88 bits per heavy atom. The molecule has 0 saturated heterocycles. The fourth-order valence-electron chi connectivity index (χ4n) is 2.37. The van der Waals surface area contributed by atoms with Gasteiger partial charge in [-0.2, -0.15) is 0 Å². The summed E-state index contributed by atoms with van der Waals surface area (Å²) in [5.74, 6) is -1.51. The first kappa shape index (κ1) is 20.2. The Hall–Kier alpha value is -2.11. The molecule has 0 heterocycles. The van der Waals surface area contributed by atoms with Gasteiger partial charge in [0.2, 0.25) is 0 Å². The molecule has 4 nitrogen and oxygen atoms in total. The molecule has 0 aliphatic carbocycles. The molecule has 0 spiro atoms. The number of carbonyl (C=O) groups is 2. The second kappa shape index (κ2) is 9.01.